The summed E-state index contributed by atoms with van der Waals surface area (Å²) in [7, 11) is 5.68. The molecule has 9 nitrogen and oxygen atoms in total. The van der Waals surface area contributed by atoms with Crippen LogP contribution in [-0.2, 0) is 24.2 Å². The van der Waals surface area contributed by atoms with Gasteiger partial charge in [-0.1, -0.05) is 41.7 Å². The van der Waals surface area contributed by atoms with Gasteiger partial charge in [-0.2, -0.15) is 0 Å². The van der Waals surface area contributed by atoms with Gasteiger partial charge >= 0.3 is 4.87 Å². The first-order valence-electron chi connectivity index (χ1n) is 13.6. The number of H-pyrrole nitrogens is 1. The molecule has 0 saturated carbocycles. The Bertz CT molecular complexity index is 1760. The lowest BCUT2D eigenvalue weighted by molar-refractivity contribution is -0.136. The summed E-state index contributed by atoms with van der Waals surface area (Å²) >= 11 is 2.81. The minimum absolute atomic E-state index is 0.0651. The normalized spacial score (nSPS) is 14.9. The summed E-state index contributed by atoms with van der Waals surface area (Å²) in [6.45, 7) is 2.13. The summed E-state index contributed by atoms with van der Waals surface area (Å²) in [5, 5.41) is 4.45. The van der Waals surface area contributed by atoms with Gasteiger partial charge in [0.2, 0.25) is 5.91 Å². The van der Waals surface area contributed by atoms with Crippen molar-refractivity contribution >= 4 is 60.5 Å². The van der Waals surface area contributed by atoms with Crippen LogP contribution in [0.5, 0.6) is 5.75 Å². The molecule has 1 amide bonds. The first kappa shape index (κ1) is 27.4. The van der Waals surface area contributed by atoms with E-state index in [1.807, 2.05) is 49.3 Å². The van der Waals surface area contributed by atoms with Gasteiger partial charge in [0.25, 0.3) is 0 Å². The number of hydrogen-bond acceptors (Lipinski definition) is 9. The molecule has 2 N–H and O–H groups in total. The number of aromatic nitrogens is 3. The molecule has 0 bridgehead atoms. The van der Waals surface area contributed by atoms with Crippen LogP contribution in [0.1, 0.15) is 22.4 Å². The lowest BCUT2D eigenvalue weighted by Crippen LogP contribution is -2.41. The van der Waals surface area contributed by atoms with Gasteiger partial charge in [0, 0.05) is 36.5 Å². The van der Waals surface area contributed by atoms with Crippen LogP contribution in [0.2, 0.25) is 0 Å². The molecule has 3 aromatic heterocycles. The summed E-state index contributed by atoms with van der Waals surface area (Å²) < 4.78 is 6.45. The summed E-state index contributed by atoms with van der Waals surface area (Å²) in [5.74, 6) is 1.47. The molecule has 5 aromatic rings. The lowest BCUT2D eigenvalue weighted by atomic mass is 9.86. The molecular formula is C30H32N6O3S2. The number of amides is 1. The highest BCUT2D eigenvalue weighted by molar-refractivity contribution is 7.19. The third kappa shape index (κ3) is 5.70. The summed E-state index contributed by atoms with van der Waals surface area (Å²) in [5.41, 5.74) is 3.83. The fourth-order valence-electron chi connectivity index (χ4n) is 5.44. The number of nitrogens with zero attached hydrogens (tertiary/aromatic N) is 4. The molecule has 1 aliphatic rings. The van der Waals surface area contributed by atoms with E-state index < -0.39 is 0 Å². The zero-order valence-corrected chi connectivity index (χ0v) is 24.9. The number of fused-ring (bicyclic) bond motifs is 4. The van der Waals surface area contributed by atoms with E-state index in [4.69, 9.17) is 4.74 Å². The van der Waals surface area contributed by atoms with Crippen molar-refractivity contribution in [1.82, 2.24) is 24.8 Å². The number of anilines is 2. The van der Waals surface area contributed by atoms with Crippen LogP contribution in [0.15, 0.2) is 53.6 Å². The zero-order valence-electron chi connectivity index (χ0n) is 23.3. The van der Waals surface area contributed by atoms with Crippen LogP contribution in [0.4, 0.5) is 11.5 Å². The van der Waals surface area contributed by atoms with Gasteiger partial charge < -0.3 is 24.8 Å². The minimum Gasteiger partial charge on any atom is -0.494 e. The highest BCUT2D eigenvalue weighted by atomic mass is 32.1. The van der Waals surface area contributed by atoms with E-state index in [2.05, 4.69) is 37.3 Å². The molecule has 212 valence electrons. The SMILES string of the molecule is COc1cc2[nH]c(=O)sc2cc1Nc1ncnc2sc3c(c12)CC[C@@H](C(=O)N(CCN(C)C)Cc1ccccc1)C3. The van der Waals surface area contributed by atoms with Gasteiger partial charge in [-0.05, 0) is 50.6 Å². The average Bonchev–Trinajstić information content (AvgIpc) is 3.53. The van der Waals surface area contributed by atoms with Crippen LogP contribution in [0, 0.1) is 5.92 Å². The number of nitrogens with one attached hydrogen (secondary N) is 2. The molecule has 0 fully saturated rings. The molecule has 6 rings (SSSR count). The van der Waals surface area contributed by atoms with Gasteiger partial charge in [0.05, 0.1) is 28.4 Å². The Morgan fingerprint density at radius 1 is 1.15 bits per heavy atom. The number of aryl methyl sites for hydroxylation is 1. The first-order valence-corrected chi connectivity index (χ1v) is 15.2. The largest absolute Gasteiger partial charge is 0.494 e. The molecule has 3 heterocycles. The second-order valence-corrected chi connectivity index (χ2v) is 12.7. The van der Waals surface area contributed by atoms with Gasteiger partial charge in [-0.25, -0.2) is 9.97 Å². The fourth-order valence-corrected chi connectivity index (χ4v) is 7.46. The maximum Gasteiger partial charge on any atom is 0.305 e. The number of carbonyl (C=O) groups is 1. The van der Waals surface area contributed by atoms with Crippen molar-refractivity contribution in [1.29, 1.82) is 0 Å². The Morgan fingerprint density at radius 2 is 1.98 bits per heavy atom. The highest BCUT2D eigenvalue weighted by Gasteiger charge is 2.32. The van der Waals surface area contributed by atoms with Crippen LogP contribution in [-0.4, -0.2) is 65.0 Å². The number of carbonyl (C=O) groups excluding carboxylic acids is 1. The van der Waals surface area contributed by atoms with E-state index >= 15 is 0 Å². The molecule has 0 unspecified atom stereocenters. The Labute approximate surface area is 245 Å². The Morgan fingerprint density at radius 3 is 2.76 bits per heavy atom. The number of methoxy groups -OCH3 is 1. The monoisotopic (exact) mass is 588 g/mol. The molecular weight excluding hydrogens is 557 g/mol. The molecule has 1 aliphatic carbocycles. The van der Waals surface area contributed by atoms with Crippen molar-refractivity contribution in [2.75, 3.05) is 39.6 Å². The van der Waals surface area contributed by atoms with Crippen molar-refractivity contribution in [2.45, 2.75) is 25.8 Å². The van der Waals surface area contributed by atoms with E-state index in [1.165, 1.54) is 10.4 Å². The summed E-state index contributed by atoms with van der Waals surface area (Å²) in [4.78, 5) is 43.9. The minimum atomic E-state index is -0.108. The summed E-state index contributed by atoms with van der Waals surface area (Å²) in [6.07, 6.45) is 3.84. The maximum atomic E-state index is 13.9. The van der Waals surface area contributed by atoms with Gasteiger partial charge in [0.1, 0.15) is 22.7 Å². The third-order valence-electron chi connectivity index (χ3n) is 7.53. The number of likely N-dealkylation sites (N-methyl/N-ethyl adjacent to an activating group) is 1. The molecule has 1 atom stereocenters. The maximum absolute atomic E-state index is 13.9. The number of hydrogen-bond donors (Lipinski definition) is 2. The smallest absolute Gasteiger partial charge is 0.305 e. The standard InChI is InChI=1S/C30H32N6O3S2/c1-35(2)11-12-36(16-18-7-5-4-6-8-18)29(37)19-9-10-20-24(13-19)40-28-26(20)27(31-17-32-28)33-21-15-25-22(14-23(21)39-3)34-30(38)41-25/h4-8,14-15,17,19H,9-13,16H2,1-3H3,(H,34,38)(H,31,32,33)/t19-/m1/s1. The number of aromatic amines is 1. The van der Waals surface area contributed by atoms with Gasteiger partial charge in [0.15, 0.2) is 0 Å². The van der Waals surface area contributed by atoms with Crippen molar-refractivity contribution in [3.63, 3.8) is 0 Å². The molecule has 0 radical (unpaired) electrons. The van der Waals surface area contributed by atoms with Crippen LogP contribution >= 0.6 is 22.7 Å². The predicted molar refractivity (Wildman–Crippen MR) is 166 cm³/mol. The number of thiazole rings is 1. The third-order valence-corrected chi connectivity index (χ3v) is 9.54. The van der Waals surface area contributed by atoms with Crippen molar-refractivity contribution in [3.8, 4) is 5.75 Å². The van der Waals surface area contributed by atoms with Crippen LogP contribution in [0.3, 0.4) is 0 Å². The second-order valence-electron chi connectivity index (χ2n) is 10.6. The first-order chi connectivity index (χ1) is 19.9. The quantitative estimate of drug-likeness (QED) is 0.249. The van der Waals surface area contributed by atoms with E-state index in [0.717, 1.165) is 62.4 Å². The molecule has 0 spiro atoms. The fraction of sp³-hybridized carbons (Fsp3) is 0.333. The predicted octanol–water partition coefficient (Wildman–Crippen LogP) is 5.04. The van der Waals surface area contributed by atoms with Crippen molar-refractivity contribution in [2.24, 2.45) is 5.92 Å². The van der Waals surface area contributed by atoms with E-state index in [9.17, 15) is 9.59 Å². The molecule has 0 aliphatic heterocycles. The van der Waals surface area contributed by atoms with Crippen molar-refractivity contribution in [3.05, 3.63) is 74.5 Å². The van der Waals surface area contributed by atoms with Crippen molar-refractivity contribution < 1.29 is 9.53 Å². The lowest BCUT2D eigenvalue weighted by Gasteiger charge is -2.30. The Balaban J connectivity index is 1.27. The topological polar surface area (TPSA) is 103 Å². The Kier molecular flexibility index (Phi) is 7.74. The Hall–Kier alpha value is -3.80. The van der Waals surface area contributed by atoms with E-state index in [0.29, 0.717) is 31.1 Å². The van der Waals surface area contributed by atoms with E-state index in [-0.39, 0.29) is 16.7 Å². The number of rotatable bonds is 9. The summed E-state index contributed by atoms with van der Waals surface area (Å²) in [6, 6.07) is 13.9. The second kappa shape index (κ2) is 11.6. The highest BCUT2D eigenvalue weighted by Crippen LogP contribution is 2.42. The molecule has 0 saturated heterocycles. The van der Waals surface area contributed by atoms with Gasteiger partial charge in [-0.3, -0.25) is 9.59 Å². The van der Waals surface area contributed by atoms with E-state index in [1.54, 1.807) is 24.8 Å². The van der Waals surface area contributed by atoms with Crippen LogP contribution in [0.25, 0.3) is 20.4 Å². The molecule has 41 heavy (non-hydrogen) atoms. The average molecular weight is 589 g/mol. The van der Waals surface area contributed by atoms with Gasteiger partial charge in [-0.15, -0.1) is 11.3 Å². The number of thiophene rings is 1. The zero-order chi connectivity index (χ0) is 28.5. The molecule has 11 heteroatoms. The number of ether oxygens (including phenoxy) is 1. The molecule has 2 aromatic carbocycles. The number of benzene rings is 2. The van der Waals surface area contributed by atoms with Crippen LogP contribution < -0.4 is 14.9 Å².